The Morgan fingerprint density at radius 3 is 3.28 bits per heavy atom. The van der Waals surface area contributed by atoms with Crippen molar-refractivity contribution in [2.75, 3.05) is 32.1 Å². The van der Waals surface area contributed by atoms with Gasteiger partial charge in [0.1, 0.15) is 5.82 Å². The number of anilines is 1. The summed E-state index contributed by atoms with van der Waals surface area (Å²) in [5, 5.41) is 10.1. The van der Waals surface area contributed by atoms with Crippen molar-refractivity contribution in [2.24, 2.45) is 5.92 Å². The number of aromatic nitrogens is 2. The Hall–Kier alpha value is -1.40. The van der Waals surface area contributed by atoms with Gasteiger partial charge in [-0.25, -0.2) is 4.68 Å². The van der Waals surface area contributed by atoms with Crippen LogP contribution in [0, 0.1) is 5.92 Å². The molecule has 2 rings (SSSR count). The topological polar surface area (TPSA) is 68.2 Å². The summed E-state index contributed by atoms with van der Waals surface area (Å²) in [5.74, 6) is 1.27. The number of carbonyl (C=O) groups excluding carboxylic acids is 1. The first kappa shape index (κ1) is 13.0. The molecular formula is C12H20N4O2. The van der Waals surface area contributed by atoms with Crippen LogP contribution in [0.4, 0.5) is 5.82 Å². The third-order valence-corrected chi connectivity index (χ3v) is 3.04. The van der Waals surface area contributed by atoms with Gasteiger partial charge in [0.25, 0.3) is 0 Å². The summed E-state index contributed by atoms with van der Waals surface area (Å²) in [6.45, 7) is 3.09. The van der Waals surface area contributed by atoms with Crippen molar-refractivity contribution >= 4 is 11.7 Å². The van der Waals surface area contributed by atoms with Crippen LogP contribution in [0.25, 0.3) is 0 Å². The van der Waals surface area contributed by atoms with E-state index in [1.807, 2.05) is 17.8 Å². The molecule has 0 radical (unpaired) electrons. The molecule has 0 aromatic carbocycles. The normalized spacial score (nSPS) is 19.1. The highest BCUT2D eigenvalue weighted by Gasteiger charge is 2.18. The van der Waals surface area contributed by atoms with Gasteiger partial charge >= 0.3 is 0 Å². The number of hydrogen-bond acceptors (Lipinski definition) is 4. The maximum atomic E-state index is 11.6. The summed E-state index contributed by atoms with van der Waals surface area (Å²) < 4.78 is 7.19. The predicted octanol–water partition coefficient (Wildman–Crippen LogP) is 0.468. The zero-order valence-electron chi connectivity index (χ0n) is 10.7. The number of ether oxygens (including phenoxy) is 1. The van der Waals surface area contributed by atoms with Crippen LogP contribution in [0.1, 0.15) is 12.8 Å². The molecule has 2 heterocycles. The van der Waals surface area contributed by atoms with Gasteiger partial charge in [-0.15, -0.1) is 0 Å². The Balaban J connectivity index is 1.88. The van der Waals surface area contributed by atoms with E-state index >= 15 is 0 Å². The van der Waals surface area contributed by atoms with Crippen molar-refractivity contribution in [3.05, 3.63) is 12.3 Å². The Kier molecular flexibility index (Phi) is 4.72. The average molecular weight is 252 g/mol. The Morgan fingerprint density at radius 1 is 1.67 bits per heavy atom. The van der Waals surface area contributed by atoms with Crippen molar-refractivity contribution in [1.29, 1.82) is 0 Å². The van der Waals surface area contributed by atoms with E-state index < -0.39 is 0 Å². The second-order valence-corrected chi connectivity index (χ2v) is 4.53. The average Bonchev–Trinajstić information content (AvgIpc) is 3.00. The second kappa shape index (κ2) is 6.51. The van der Waals surface area contributed by atoms with Crippen molar-refractivity contribution in [1.82, 2.24) is 15.1 Å². The lowest BCUT2D eigenvalue weighted by Gasteiger charge is -2.12. The number of nitrogens with zero attached hydrogens (tertiary/aromatic N) is 2. The number of amides is 1. The molecule has 1 fully saturated rings. The monoisotopic (exact) mass is 252 g/mol. The van der Waals surface area contributed by atoms with E-state index in [1.165, 1.54) is 0 Å². The minimum absolute atomic E-state index is 0.00812. The van der Waals surface area contributed by atoms with E-state index in [4.69, 9.17) is 4.74 Å². The fraction of sp³-hybridized carbons (Fsp3) is 0.667. The Bertz CT molecular complexity index is 385. The highest BCUT2D eigenvalue weighted by atomic mass is 16.5. The smallest absolute Gasteiger partial charge is 0.226 e. The van der Waals surface area contributed by atoms with Gasteiger partial charge in [-0.2, -0.15) is 5.10 Å². The fourth-order valence-electron chi connectivity index (χ4n) is 2.00. The molecular weight excluding hydrogens is 232 g/mol. The molecule has 1 atom stereocenters. The summed E-state index contributed by atoms with van der Waals surface area (Å²) >= 11 is 0. The van der Waals surface area contributed by atoms with E-state index in [1.54, 1.807) is 6.20 Å². The molecule has 1 aliphatic rings. The minimum atomic E-state index is 0.00812. The quantitative estimate of drug-likeness (QED) is 0.772. The van der Waals surface area contributed by atoms with E-state index in [2.05, 4.69) is 15.7 Å². The highest BCUT2D eigenvalue weighted by molar-refractivity contribution is 5.89. The van der Waals surface area contributed by atoms with Crippen LogP contribution in [0.3, 0.4) is 0 Å². The first-order valence-corrected chi connectivity index (χ1v) is 6.33. The molecule has 1 amide bonds. The van der Waals surface area contributed by atoms with Crippen LogP contribution in [-0.4, -0.2) is 42.5 Å². The third kappa shape index (κ3) is 3.54. The molecule has 6 nitrogen and oxygen atoms in total. The lowest BCUT2D eigenvalue weighted by molar-refractivity contribution is -0.116. The molecule has 1 saturated heterocycles. The maximum absolute atomic E-state index is 11.6. The van der Waals surface area contributed by atoms with Crippen LogP contribution < -0.4 is 10.6 Å². The van der Waals surface area contributed by atoms with Crippen molar-refractivity contribution in [3.63, 3.8) is 0 Å². The van der Waals surface area contributed by atoms with E-state index in [0.717, 1.165) is 32.0 Å². The Labute approximate surface area is 107 Å². The molecule has 1 unspecified atom stereocenters. The van der Waals surface area contributed by atoms with E-state index in [-0.39, 0.29) is 5.91 Å². The van der Waals surface area contributed by atoms with Gasteiger partial charge in [-0.1, -0.05) is 0 Å². The summed E-state index contributed by atoms with van der Waals surface area (Å²) in [5.41, 5.74) is 0. The van der Waals surface area contributed by atoms with E-state index in [0.29, 0.717) is 18.9 Å². The van der Waals surface area contributed by atoms with Crippen LogP contribution in [0.15, 0.2) is 12.3 Å². The predicted molar refractivity (Wildman–Crippen MR) is 68.3 cm³/mol. The summed E-state index contributed by atoms with van der Waals surface area (Å²) in [4.78, 5) is 11.6. The van der Waals surface area contributed by atoms with E-state index in [9.17, 15) is 4.79 Å². The fourth-order valence-corrected chi connectivity index (χ4v) is 2.00. The molecule has 0 aliphatic carbocycles. The standard InChI is InChI=1S/C12H20N4O2/c1-13-5-3-12(17)15-11-2-6-14-16(11)8-10-4-7-18-9-10/h2,6,10,13H,3-5,7-9H2,1H3,(H,15,17). The van der Waals surface area contributed by atoms with Gasteiger partial charge in [0.05, 0.1) is 12.8 Å². The molecule has 0 spiro atoms. The molecule has 0 bridgehead atoms. The van der Waals surface area contributed by atoms with Crippen molar-refractivity contribution < 1.29 is 9.53 Å². The third-order valence-electron chi connectivity index (χ3n) is 3.04. The summed E-state index contributed by atoms with van der Waals surface area (Å²) in [6.07, 6.45) is 3.24. The van der Waals surface area contributed by atoms with Crippen LogP contribution >= 0.6 is 0 Å². The second-order valence-electron chi connectivity index (χ2n) is 4.53. The van der Waals surface area contributed by atoms with Gasteiger partial charge in [-0.05, 0) is 13.5 Å². The summed E-state index contributed by atoms with van der Waals surface area (Å²) in [7, 11) is 1.83. The lowest BCUT2D eigenvalue weighted by Crippen LogP contribution is -2.21. The minimum Gasteiger partial charge on any atom is -0.381 e. The zero-order chi connectivity index (χ0) is 12.8. The van der Waals surface area contributed by atoms with Crippen molar-refractivity contribution in [3.8, 4) is 0 Å². The molecule has 1 aliphatic heterocycles. The number of rotatable bonds is 6. The van der Waals surface area contributed by atoms with Crippen molar-refractivity contribution in [2.45, 2.75) is 19.4 Å². The largest absolute Gasteiger partial charge is 0.381 e. The van der Waals surface area contributed by atoms with Gasteiger partial charge in [0.2, 0.25) is 5.91 Å². The van der Waals surface area contributed by atoms with Crippen LogP contribution in [0.5, 0.6) is 0 Å². The van der Waals surface area contributed by atoms with Crippen LogP contribution in [-0.2, 0) is 16.1 Å². The van der Waals surface area contributed by atoms with Crippen LogP contribution in [0.2, 0.25) is 0 Å². The lowest BCUT2D eigenvalue weighted by atomic mass is 10.1. The van der Waals surface area contributed by atoms with Gasteiger partial charge in [0, 0.05) is 38.1 Å². The molecule has 2 N–H and O–H groups in total. The summed E-state index contributed by atoms with van der Waals surface area (Å²) in [6, 6.07) is 1.83. The van der Waals surface area contributed by atoms with Gasteiger partial charge < -0.3 is 15.4 Å². The molecule has 1 aromatic heterocycles. The molecule has 18 heavy (non-hydrogen) atoms. The number of carbonyl (C=O) groups is 1. The van der Waals surface area contributed by atoms with Gasteiger partial charge in [-0.3, -0.25) is 4.79 Å². The first-order chi connectivity index (χ1) is 8.79. The number of hydrogen-bond donors (Lipinski definition) is 2. The Morgan fingerprint density at radius 2 is 2.56 bits per heavy atom. The zero-order valence-corrected chi connectivity index (χ0v) is 10.7. The first-order valence-electron chi connectivity index (χ1n) is 6.33. The molecule has 0 saturated carbocycles. The molecule has 6 heteroatoms. The molecule has 100 valence electrons. The number of nitrogens with one attached hydrogen (secondary N) is 2. The van der Waals surface area contributed by atoms with Gasteiger partial charge in [0.15, 0.2) is 0 Å². The maximum Gasteiger partial charge on any atom is 0.226 e. The SMILES string of the molecule is CNCCC(=O)Nc1ccnn1CC1CCOC1. The molecule has 1 aromatic rings. The highest BCUT2D eigenvalue weighted by Crippen LogP contribution is 2.17.